The first-order valence-corrected chi connectivity index (χ1v) is 10.1. The zero-order chi connectivity index (χ0) is 19.1. The number of hydrogen-bond donors (Lipinski definition) is 1. The first-order valence-electron chi connectivity index (χ1n) is 9.16. The van der Waals surface area contributed by atoms with Crippen molar-refractivity contribution in [1.29, 1.82) is 0 Å². The number of amides is 1. The number of benzene rings is 2. The van der Waals surface area contributed by atoms with Crippen molar-refractivity contribution >= 4 is 17.7 Å². The molecule has 0 aliphatic rings. The van der Waals surface area contributed by atoms with Crippen LogP contribution in [0, 0.1) is 6.92 Å². The molecule has 27 heavy (non-hydrogen) atoms. The molecule has 1 aromatic heterocycles. The highest BCUT2D eigenvalue weighted by Crippen LogP contribution is 2.23. The second-order valence-corrected chi connectivity index (χ2v) is 7.39. The highest BCUT2D eigenvalue weighted by Gasteiger charge is 2.15. The van der Waals surface area contributed by atoms with Gasteiger partial charge in [0.1, 0.15) is 0 Å². The van der Waals surface area contributed by atoms with Gasteiger partial charge in [0.25, 0.3) is 5.91 Å². The van der Waals surface area contributed by atoms with Crippen LogP contribution in [0.25, 0.3) is 5.69 Å². The lowest BCUT2D eigenvalue weighted by molar-refractivity contribution is 0.0949. The van der Waals surface area contributed by atoms with Crippen LogP contribution in [0.5, 0.6) is 0 Å². The molecule has 0 saturated heterocycles. The number of unbranched alkanes of at least 4 members (excludes halogenated alkanes) is 1. The molecule has 0 bridgehead atoms. The van der Waals surface area contributed by atoms with Crippen molar-refractivity contribution in [2.45, 2.75) is 38.4 Å². The van der Waals surface area contributed by atoms with E-state index in [0.29, 0.717) is 12.1 Å². The largest absolute Gasteiger partial charge is 0.345 e. The highest BCUT2D eigenvalue weighted by atomic mass is 32.2. The number of hydrogen-bond acceptors (Lipinski definition) is 4. The van der Waals surface area contributed by atoms with Crippen molar-refractivity contribution < 1.29 is 4.79 Å². The van der Waals surface area contributed by atoms with Gasteiger partial charge in [0, 0.05) is 17.0 Å². The molecule has 0 aliphatic heterocycles. The maximum atomic E-state index is 12.4. The molecule has 3 rings (SSSR count). The molecular formula is C21H24N4OS. The molecule has 0 radical (unpaired) electrons. The highest BCUT2D eigenvalue weighted by molar-refractivity contribution is 7.99. The normalized spacial score (nSPS) is 10.7. The van der Waals surface area contributed by atoms with Crippen molar-refractivity contribution in [2.24, 2.45) is 0 Å². The molecule has 5 nitrogen and oxygen atoms in total. The summed E-state index contributed by atoms with van der Waals surface area (Å²) in [5, 5.41) is 12.5. The molecule has 3 aromatic rings. The third-order valence-electron chi connectivity index (χ3n) is 4.13. The van der Waals surface area contributed by atoms with Gasteiger partial charge in [-0.05, 0) is 43.2 Å². The summed E-state index contributed by atoms with van der Waals surface area (Å²) in [6.07, 6.45) is 2.27. The molecule has 140 valence electrons. The molecule has 0 fully saturated rings. The Kier molecular flexibility index (Phi) is 6.65. The van der Waals surface area contributed by atoms with E-state index in [9.17, 15) is 4.79 Å². The van der Waals surface area contributed by atoms with Gasteiger partial charge in [-0.3, -0.25) is 9.36 Å². The van der Waals surface area contributed by atoms with Crippen LogP contribution < -0.4 is 5.32 Å². The zero-order valence-electron chi connectivity index (χ0n) is 15.7. The number of nitrogens with zero attached hydrogens (tertiary/aromatic N) is 3. The van der Waals surface area contributed by atoms with Gasteiger partial charge in [0.05, 0.1) is 6.54 Å². The third kappa shape index (κ3) is 4.98. The summed E-state index contributed by atoms with van der Waals surface area (Å²) in [6, 6.07) is 17.4. The lowest BCUT2D eigenvalue weighted by Crippen LogP contribution is -2.24. The Bertz CT molecular complexity index is 892. The molecule has 0 saturated carbocycles. The number of rotatable bonds is 8. The zero-order valence-corrected chi connectivity index (χ0v) is 16.5. The number of aryl methyl sites for hydroxylation is 1. The third-order valence-corrected chi connectivity index (χ3v) is 5.15. The molecule has 0 spiro atoms. The van der Waals surface area contributed by atoms with E-state index in [2.05, 4.69) is 41.5 Å². The van der Waals surface area contributed by atoms with E-state index < -0.39 is 0 Å². The van der Waals surface area contributed by atoms with Gasteiger partial charge in [0.2, 0.25) is 0 Å². The van der Waals surface area contributed by atoms with Gasteiger partial charge in [-0.2, -0.15) is 0 Å². The van der Waals surface area contributed by atoms with Gasteiger partial charge in [-0.1, -0.05) is 55.4 Å². The van der Waals surface area contributed by atoms with E-state index in [-0.39, 0.29) is 5.91 Å². The van der Waals surface area contributed by atoms with E-state index in [1.165, 1.54) is 5.56 Å². The monoisotopic (exact) mass is 380 g/mol. The lowest BCUT2D eigenvalue weighted by atomic mass is 10.2. The average molecular weight is 381 g/mol. The summed E-state index contributed by atoms with van der Waals surface area (Å²) < 4.78 is 2.04. The number of aromatic nitrogens is 3. The number of thioether (sulfide) groups is 1. The maximum absolute atomic E-state index is 12.4. The van der Waals surface area contributed by atoms with Crippen molar-refractivity contribution in [3.63, 3.8) is 0 Å². The molecule has 1 amide bonds. The summed E-state index contributed by atoms with van der Waals surface area (Å²) >= 11 is 1.70. The van der Waals surface area contributed by atoms with E-state index in [1.54, 1.807) is 23.9 Å². The molecule has 1 N–H and O–H groups in total. The van der Waals surface area contributed by atoms with Gasteiger partial charge >= 0.3 is 0 Å². The second kappa shape index (κ2) is 9.37. The summed E-state index contributed by atoms with van der Waals surface area (Å²) in [5.74, 6) is 1.61. The minimum Gasteiger partial charge on any atom is -0.345 e. The smallest absolute Gasteiger partial charge is 0.251 e. The summed E-state index contributed by atoms with van der Waals surface area (Å²) in [7, 11) is 0. The van der Waals surface area contributed by atoms with E-state index >= 15 is 0 Å². The SMILES string of the molecule is CCCCSc1nnc(CNC(=O)c2ccccc2)n1-c1cccc(C)c1. The first-order chi connectivity index (χ1) is 13.2. The molecule has 2 aromatic carbocycles. The fraction of sp³-hybridized carbons (Fsp3) is 0.286. The van der Waals surface area contributed by atoms with Gasteiger partial charge in [-0.15, -0.1) is 10.2 Å². The summed E-state index contributed by atoms with van der Waals surface area (Å²) in [4.78, 5) is 12.4. The standard InChI is InChI=1S/C21H24N4OS/c1-3-4-13-27-21-24-23-19(25(21)18-12-8-9-16(2)14-18)15-22-20(26)17-10-6-5-7-11-17/h5-12,14H,3-4,13,15H2,1-2H3,(H,22,26). The Labute approximate surface area is 164 Å². The maximum Gasteiger partial charge on any atom is 0.251 e. The van der Waals surface area contributed by atoms with Crippen molar-refractivity contribution in [3.05, 3.63) is 71.5 Å². The molecule has 1 heterocycles. The minimum absolute atomic E-state index is 0.116. The number of nitrogens with one attached hydrogen (secondary N) is 1. The van der Waals surface area contributed by atoms with Crippen LogP contribution >= 0.6 is 11.8 Å². The van der Waals surface area contributed by atoms with Crippen LogP contribution in [0.2, 0.25) is 0 Å². The molecule has 0 atom stereocenters. The summed E-state index contributed by atoms with van der Waals surface area (Å²) in [5.41, 5.74) is 2.82. The predicted octanol–water partition coefficient (Wildman–Crippen LogP) is 4.40. The Morgan fingerprint density at radius 1 is 1.11 bits per heavy atom. The predicted molar refractivity (Wildman–Crippen MR) is 109 cm³/mol. The fourth-order valence-corrected chi connectivity index (χ4v) is 3.75. The Morgan fingerprint density at radius 2 is 1.93 bits per heavy atom. The molecule has 6 heteroatoms. The van der Waals surface area contributed by atoms with Crippen LogP contribution in [0.15, 0.2) is 59.8 Å². The van der Waals surface area contributed by atoms with E-state index in [0.717, 1.165) is 35.3 Å². The lowest BCUT2D eigenvalue weighted by Gasteiger charge is -2.11. The molecule has 0 aliphatic carbocycles. The van der Waals surface area contributed by atoms with Gasteiger partial charge in [0.15, 0.2) is 11.0 Å². The van der Waals surface area contributed by atoms with Crippen LogP contribution in [-0.2, 0) is 6.54 Å². The fourth-order valence-electron chi connectivity index (χ4n) is 2.69. The quantitative estimate of drug-likeness (QED) is 0.465. The first kappa shape index (κ1) is 19.2. The molecule has 0 unspecified atom stereocenters. The van der Waals surface area contributed by atoms with E-state index in [1.807, 2.05) is 34.9 Å². The van der Waals surface area contributed by atoms with Crippen molar-refractivity contribution in [3.8, 4) is 5.69 Å². The van der Waals surface area contributed by atoms with Crippen molar-refractivity contribution in [2.75, 3.05) is 5.75 Å². The number of carbonyl (C=O) groups excluding carboxylic acids is 1. The van der Waals surface area contributed by atoms with Crippen LogP contribution in [0.4, 0.5) is 0 Å². The van der Waals surface area contributed by atoms with Crippen molar-refractivity contribution in [1.82, 2.24) is 20.1 Å². The molecular weight excluding hydrogens is 356 g/mol. The van der Waals surface area contributed by atoms with Crippen LogP contribution in [0.3, 0.4) is 0 Å². The Morgan fingerprint density at radius 3 is 2.67 bits per heavy atom. The Hall–Kier alpha value is -2.60. The second-order valence-electron chi connectivity index (χ2n) is 6.32. The average Bonchev–Trinajstić information content (AvgIpc) is 3.10. The topological polar surface area (TPSA) is 59.8 Å². The summed E-state index contributed by atoms with van der Waals surface area (Å²) in [6.45, 7) is 4.56. The van der Waals surface area contributed by atoms with Gasteiger partial charge in [-0.25, -0.2) is 0 Å². The van der Waals surface area contributed by atoms with E-state index in [4.69, 9.17) is 0 Å². The van der Waals surface area contributed by atoms with Crippen LogP contribution in [-0.4, -0.2) is 26.4 Å². The van der Waals surface area contributed by atoms with Crippen LogP contribution in [0.1, 0.15) is 41.5 Å². The number of carbonyl (C=O) groups is 1. The Balaban J connectivity index is 1.82. The minimum atomic E-state index is -0.116. The van der Waals surface area contributed by atoms with Gasteiger partial charge < -0.3 is 5.32 Å².